The van der Waals surface area contributed by atoms with Crippen LogP contribution in [0.3, 0.4) is 0 Å². The number of carbonyl (C=O) groups excluding carboxylic acids is 2. The molecule has 7 nitrogen and oxygen atoms in total. The Hall–Kier alpha value is -3.73. The lowest BCUT2D eigenvalue weighted by Crippen LogP contribution is -2.16. The highest BCUT2D eigenvalue weighted by Crippen LogP contribution is 2.41. The number of nitrogens with zero attached hydrogens (tertiary/aromatic N) is 3. The van der Waals surface area contributed by atoms with Crippen molar-refractivity contribution in [3.8, 4) is 33.6 Å². The van der Waals surface area contributed by atoms with Crippen LogP contribution < -0.4 is 5.32 Å². The Balaban J connectivity index is 1.35. The van der Waals surface area contributed by atoms with Gasteiger partial charge in [0.05, 0.1) is 12.9 Å². The molecule has 3 heterocycles. The van der Waals surface area contributed by atoms with E-state index in [1.54, 1.807) is 11.3 Å². The van der Waals surface area contributed by atoms with E-state index in [-0.39, 0.29) is 11.7 Å². The lowest BCUT2D eigenvalue weighted by atomic mass is 10.0. The first kappa shape index (κ1) is 27.8. The van der Waals surface area contributed by atoms with Crippen molar-refractivity contribution in [3.63, 3.8) is 0 Å². The Morgan fingerprint density at radius 1 is 0.950 bits per heavy atom. The Morgan fingerprint density at radius 3 is 2.35 bits per heavy atom. The van der Waals surface area contributed by atoms with Gasteiger partial charge in [-0.1, -0.05) is 71.9 Å². The molecule has 40 heavy (non-hydrogen) atoms. The highest BCUT2D eigenvalue weighted by Gasteiger charge is 2.25. The van der Waals surface area contributed by atoms with Crippen LogP contribution in [0.5, 0.6) is 0 Å². The van der Waals surface area contributed by atoms with Crippen LogP contribution in [0.15, 0.2) is 65.1 Å². The van der Waals surface area contributed by atoms with Gasteiger partial charge in [0.1, 0.15) is 10.6 Å². The number of nitrogens with one attached hydrogen (secondary N) is 1. The largest absolute Gasteiger partial charge is 0.465 e. The minimum absolute atomic E-state index is 0.109. The van der Waals surface area contributed by atoms with E-state index in [1.807, 2.05) is 48.9 Å². The number of thioether (sulfide) groups is 1. The van der Waals surface area contributed by atoms with Crippen molar-refractivity contribution in [2.24, 2.45) is 7.05 Å². The number of anilines is 1. The Kier molecular flexibility index (Phi) is 8.20. The lowest BCUT2D eigenvalue weighted by molar-refractivity contribution is -0.113. The average molecular weight is 589 g/mol. The highest BCUT2D eigenvalue weighted by molar-refractivity contribution is 7.99. The molecule has 0 fully saturated rings. The lowest BCUT2D eigenvalue weighted by Gasteiger charge is -2.09. The molecule has 0 atom stereocenters. The van der Waals surface area contributed by atoms with Gasteiger partial charge in [-0.05, 0) is 31.9 Å². The predicted octanol–water partition coefficient (Wildman–Crippen LogP) is 7.38. The molecule has 0 saturated heterocycles. The second kappa shape index (κ2) is 11.8. The Labute approximate surface area is 245 Å². The molecule has 5 rings (SSSR count). The summed E-state index contributed by atoms with van der Waals surface area (Å²) >= 11 is 4.34. The van der Waals surface area contributed by atoms with E-state index in [9.17, 15) is 9.59 Å². The molecule has 5 aromatic rings. The molecule has 1 amide bonds. The number of rotatable bonds is 8. The van der Waals surface area contributed by atoms with E-state index >= 15 is 0 Å². The Morgan fingerprint density at radius 2 is 1.65 bits per heavy atom. The van der Waals surface area contributed by atoms with Crippen molar-refractivity contribution >= 4 is 51.3 Å². The van der Waals surface area contributed by atoms with Crippen LogP contribution in [0, 0.1) is 20.8 Å². The van der Waals surface area contributed by atoms with Crippen molar-refractivity contribution in [2.75, 3.05) is 18.2 Å². The number of hydrogen-bond acceptors (Lipinski definition) is 8. The Bertz CT molecular complexity index is 1690. The molecule has 1 N–H and O–H groups in total. The summed E-state index contributed by atoms with van der Waals surface area (Å²) in [5, 5.41) is 15.0. The third-order valence-electron chi connectivity index (χ3n) is 6.51. The molecule has 10 heteroatoms. The molecule has 0 saturated carbocycles. The summed E-state index contributed by atoms with van der Waals surface area (Å²) in [6.45, 7) is 6.12. The van der Waals surface area contributed by atoms with Crippen molar-refractivity contribution in [3.05, 3.63) is 80.9 Å². The molecule has 0 aliphatic heterocycles. The summed E-state index contributed by atoms with van der Waals surface area (Å²) in [6.07, 6.45) is 0. The minimum Gasteiger partial charge on any atom is -0.465 e. The van der Waals surface area contributed by atoms with Gasteiger partial charge in [-0.15, -0.1) is 32.9 Å². The molecule has 0 unspecified atom stereocenters. The molecule has 0 aliphatic rings. The van der Waals surface area contributed by atoms with E-state index in [2.05, 4.69) is 59.0 Å². The number of ether oxygens (including phenoxy) is 1. The first-order valence-corrected chi connectivity index (χ1v) is 15.2. The van der Waals surface area contributed by atoms with Gasteiger partial charge < -0.3 is 14.6 Å². The van der Waals surface area contributed by atoms with Crippen LogP contribution in [-0.2, 0) is 16.6 Å². The van der Waals surface area contributed by atoms with Crippen molar-refractivity contribution in [1.29, 1.82) is 0 Å². The van der Waals surface area contributed by atoms with Crippen LogP contribution in [0.1, 0.15) is 25.7 Å². The summed E-state index contributed by atoms with van der Waals surface area (Å²) in [5.74, 6) is 0.126. The van der Waals surface area contributed by atoms with E-state index in [1.165, 1.54) is 40.6 Å². The quantitative estimate of drug-likeness (QED) is 0.150. The number of thiophene rings is 2. The van der Waals surface area contributed by atoms with Gasteiger partial charge in [-0.3, -0.25) is 4.79 Å². The number of hydrogen-bond donors (Lipinski definition) is 1. The molecule has 0 bridgehead atoms. The molecular formula is C30H28N4O3S3. The standard InChI is InChI=1S/C30H28N4O3S3/c1-17-11-13-21(14-12-17)24-18(2)38-15-22(24)27-32-33-30(34(27)4)39-16-23(35)31-28-26(29(36)37-5)25(19(3)40-28)20-9-7-6-8-10-20/h6-15H,16H2,1-5H3,(H,31,35). The fraction of sp³-hybridized carbons (Fsp3) is 0.200. The van der Waals surface area contributed by atoms with E-state index < -0.39 is 5.97 Å². The maximum atomic E-state index is 13.0. The topological polar surface area (TPSA) is 86.1 Å². The fourth-order valence-electron chi connectivity index (χ4n) is 4.55. The summed E-state index contributed by atoms with van der Waals surface area (Å²) in [5.41, 5.74) is 6.54. The van der Waals surface area contributed by atoms with Gasteiger partial charge in [0.15, 0.2) is 11.0 Å². The van der Waals surface area contributed by atoms with Gasteiger partial charge in [0.25, 0.3) is 0 Å². The number of amides is 1. The second-order valence-corrected chi connectivity index (χ2v) is 12.5. The summed E-state index contributed by atoms with van der Waals surface area (Å²) in [6, 6.07) is 18.1. The first-order chi connectivity index (χ1) is 19.3. The van der Waals surface area contributed by atoms with Crippen LogP contribution in [-0.4, -0.2) is 39.5 Å². The van der Waals surface area contributed by atoms with Gasteiger partial charge in [0, 0.05) is 38.9 Å². The maximum Gasteiger partial charge on any atom is 0.341 e. The third-order valence-corrected chi connectivity index (χ3v) is 9.46. The number of carbonyl (C=O) groups is 2. The number of methoxy groups -OCH3 is 1. The predicted molar refractivity (Wildman–Crippen MR) is 164 cm³/mol. The van der Waals surface area contributed by atoms with E-state index in [0.717, 1.165) is 38.5 Å². The number of aryl methyl sites for hydroxylation is 3. The molecule has 0 aliphatic carbocycles. The SMILES string of the molecule is COC(=O)c1c(NC(=O)CSc2nnc(-c3csc(C)c3-c3ccc(C)cc3)n2C)sc(C)c1-c1ccccc1. The van der Waals surface area contributed by atoms with E-state index in [0.29, 0.717) is 15.7 Å². The zero-order chi connectivity index (χ0) is 28.4. The molecule has 204 valence electrons. The molecule has 0 spiro atoms. The highest BCUT2D eigenvalue weighted by atomic mass is 32.2. The van der Waals surface area contributed by atoms with Crippen LogP contribution in [0.2, 0.25) is 0 Å². The summed E-state index contributed by atoms with van der Waals surface area (Å²) in [7, 11) is 3.25. The van der Waals surface area contributed by atoms with Crippen LogP contribution in [0.25, 0.3) is 33.6 Å². The monoisotopic (exact) mass is 588 g/mol. The molecular weight excluding hydrogens is 561 g/mol. The van der Waals surface area contributed by atoms with Gasteiger partial charge >= 0.3 is 5.97 Å². The zero-order valence-corrected chi connectivity index (χ0v) is 25.2. The number of aromatic nitrogens is 3. The third kappa shape index (κ3) is 5.47. The van der Waals surface area contributed by atoms with Crippen molar-refractivity contribution in [1.82, 2.24) is 14.8 Å². The number of esters is 1. The molecule has 3 aromatic heterocycles. The number of benzene rings is 2. The normalized spacial score (nSPS) is 11.0. The van der Waals surface area contributed by atoms with Crippen LogP contribution >= 0.6 is 34.4 Å². The zero-order valence-electron chi connectivity index (χ0n) is 22.8. The molecule has 0 radical (unpaired) electrons. The molecule has 2 aromatic carbocycles. The van der Waals surface area contributed by atoms with Crippen molar-refractivity contribution < 1.29 is 14.3 Å². The smallest absolute Gasteiger partial charge is 0.341 e. The van der Waals surface area contributed by atoms with Gasteiger partial charge in [0.2, 0.25) is 5.91 Å². The first-order valence-electron chi connectivity index (χ1n) is 12.5. The fourth-order valence-corrected chi connectivity index (χ4v) is 7.20. The summed E-state index contributed by atoms with van der Waals surface area (Å²) < 4.78 is 6.98. The average Bonchev–Trinajstić information content (AvgIpc) is 3.61. The van der Waals surface area contributed by atoms with Crippen molar-refractivity contribution in [2.45, 2.75) is 25.9 Å². The van der Waals surface area contributed by atoms with Crippen LogP contribution in [0.4, 0.5) is 5.00 Å². The second-order valence-electron chi connectivity index (χ2n) is 9.24. The maximum absolute atomic E-state index is 13.0. The minimum atomic E-state index is -0.487. The summed E-state index contributed by atoms with van der Waals surface area (Å²) in [4.78, 5) is 27.9. The van der Waals surface area contributed by atoms with E-state index in [4.69, 9.17) is 4.74 Å². The van der Waals surface area contributed by atoms with Gasteiger partial charge in [-0.2, -0.15) is 0 Å². The van der Waals surface area contributed by atoms with Gasteiger partial charge in [-0.25, -0.2) is 4.79 Å².